The minimum Gasteiger partial charge on any atom is -0.241 e. The van der Waals surface area contributed by atoms with Gasteiger partial charge in [0.1, 0.15) is 11.6 Å². The Morgan fingerprint density at radius 3 is 2.33 bits per heavy atom. The second-order valence-corrected chi connectivity index (χ2v) is 7.46. The molecule has 0 saturated carbocycles. The summed E-state index contributed by atoms with van der Waals surface area (Å²) in [4.78, 5) is 0. The normalized spacial score (nSPS) is 11.6. The average Bonchev–Trinajstić information content (AvgIpc) is 2.94. The second kappa shape index (κ2) is 6.52. The average molecular weight is 348 g/mol. The number of nitrogens with zero attached hydrogens (tertiary/aromatic N) is 2. The third-order valence-electron chi connectivity index (χ3n) is 3.36. The van der Waals surface area contributed by atoms with E-state index in [0.717, 1.165) is 0 Å². The molecule has 0 saturated heterocycles. The van der Waals surface area contributed by atoms with Crippen molar-refractivity contribution in [2.75, 3.05) is 0 Å². The summed E-state index contributed by atoms with van der Waals surface area (Å²) in [5, 5.41) is 4.16. The van der Waals surface area contributed by atoms with Crippen LogP contribution in [-0.4, -0.2) is 18.2 Å². The minimum atomic E-state index is -3.50. The topological polar surface area (TPSA) is 52.0 Å². The molecular formula is C17H14F2N2O2S. The van der Waals surface area contributed by atoms with Gasteiger partial charge in [-0.2, -0.15) is 5.10 Å². The summed E-state index contributed by atoms with van der Waals surface area (Å²) in [6.45, 7) is 0. The van der Waals surface area contributed by atoms with Gasteiger partial charge in [0.05, 0.1) is 22.9 Å². The van der Waals surface area contributed by atoms with Crippen molar-refractivity contribution in [2.24, 2.45) is 0 Å². The Morgan fingerprint density at radius 2 is 1.62 bits per heavy atom. The number of rotatable bonds is 5. The zero-order valence-corrected chi connectivity index (χ0v) is 13.4. The van der Waals surface area contributed by atoms with Crippen LogP contribution in [0.25, 0.3) is 5.69 Å². The Morgan fingerprint density at radius 1 is 0.917 bits per heavy atom. The van der Waals surface area contributed by atoms with E-state index in [2.05, 4.69) is 5.10 Å². The molecule has 1 aromatic heterocycles. The zero-order valence-electron chi connectivity index (χ0n) is 12.6. The van der Waals surface area contributed by atoms with Gasteiger partial charge in [-0.25, -0.2) is 21.9 Å². The van der Waals surface area contributed by atoms with E-state index in [1.165, 1.54) is 35.0 Å². The summed E-state index contributed by atoms with van der Waals surface area (Å²) in [7, 11) is -3.50. The largest absolute Gasteiger partial charge is 0.241 e. The van der Waals surface area contributed by atoms with Gasteiger partial charge < -0.3 is 0 Å². The van der Waals surface area contributed by atoms with Crippen LogP contribution in [0.2, 0.25) is 0 Å². The molecule has 24 heavy (non-hydrogen) atoms. The van der Waals surface area contributed by atoms with Crippen molar-refractivity contribution in [3.63, 3.8) is 0 Å². The highest BCUT2D eigenvalue weighted by Gasteiger charge is 2.16. The van der Waals surface area contributed by atoms with E-state index in [4.69, 9.17) is 0 Å². The Labute approximate surface area is 138 Å². The molecule has 0 amide bonds. The van der Waals surface area contributed by atoms with Gasteiger partial charge in [-0.05, 0) is 42.0 Å². The molecule has 4 nitrogen and oxygen atoms in total. The molecule has 2 aromatic carbocycles. The molecule has 124 valence electrons. The lowest BCUT2D eigenvalue weighted by Gasteiger charge is -2.04. The Balaban J connectivity index is 1.76. The lowest BCUT2D eigenvalue weighted by atomic mass is 10.2. The van der Waals surface area contributed by atoms with E-state index in [-0.39, 0.29) is 11.5 Å². The van der Waals surface area contributed by atoms with Gasteiger partial charge in [0.25, 0.3) is 0 Å². The standard InChI is InChI=1S/C17H14F2N2O2S/c18-14-4-1-3-13(9-14)11-24(22,23)12-16-7-8-21(20-16)17-6-2-5-15(19)10-17/h1-10H,11-12H2. The maximum atomic E-state index is 13.2. The summed E-state index contributed by atoms with van der Waals surface area (Å²) in [6.07, 6.45) is 1.57. The van der Waals surface area contributed by atoms with Crippen LogP contribution in [-0.2, 0) is 21.3 Å². The van der Waals surface area contributed by atoms with E-state index in [9.17, 15) is 17.2 Å². The Bertz CT molecular complexity index is 968. The van der Waals surface area contributed by atoms with E-state index in [1.807, 2.05) is 0 Å². The van der Waals surface area contributed by atoms with Gasteiger partial charge >= 0.3 is 0 Å². The third kappa shape index (κ3) is 4.05. The Kier molecular flexibility index (Phi) is 4.44. The van der Waals surface area contributed by atoms with Crippen molar-refractivity contribution in [3.05, 3.63) is 83.7 Å². The van der Waals surface area contributed by atoms with Crippen LogP contribution in [0.1, 0.15) is 11.3 Å². The molecule has 0 N–H and O–H groups in total. The summed E-state index contributed by atoms with van der Waals surface area (Å²) >= 11 is 0. The predicted molar refractivity (Wildman–Crippen MR) is 86.2 cm³/mol. The quantitative estimate of drug-likeness (QED) is 0.711. The maximum absolute atomic E-state index is 13.2. The van der Waals surface area contributed by atoms with Crippen LogP contribution in [0.15, 0.2) is 60.8 Å². The highest BCUT2D eigenvalue weighted by Crippen LogP contribution is 2.14. The number of hydrogen-bond donors (Lipinski definition) is 0. The highest BCUT2D eigenvalue weighted by atomic mass is 32.2. The van der Waals surface area contributed by atoms with Gasteiger partial charge in [-0.3, -0.25) is 0 Å². The van der Waals surface area contributed by atoms with Crippen molar-refractivity contribution in [1.82, 2.24) is 9.78 Å². The molecule has 3 aromatic rings. The first kappa shape index (κ1) is 16.3. The van der Waals surface area contributed by atoms with E-state index < -0.39 is 21.5 Å². The van der Waals surface area contributed by atoms with Crippen molar-refractivity contribution >= 4 is 9.84 Å². The molecule has 0 aliphatic heterocycles. The molecule has 0 aliphatic rings. The first-order valence-electron chi connectivity index (χ1n) is 7.17. The van der Waals surface area contributed by atoms with Gasteiger partial charge in [0.15, 0.2) is 9.84 Å². The predicted octanol–water partition coefficient (Wildman–Crippen LogP) is 3.27. The lowest BCUT2D eigenvalue weighted by Crippen LogP contribution is -2.09. The molecule has 0 radical (unpaired) electrons. The smallest absolute Gasteiger partial charge is 0.160 e. The molecule has 0 atom stereocenters. The van der Waals surface area contributed by atoms with Crippen LogP contribution in [0.4, 0.5) is 8.78 Å². The van der Waals surface area contributed by atoms with Crippen LogP contribution in [0, 0.1) is 11.6 Å². The van der Waals surface area contributed by atoms with E-state index in [1.54, 1.807) is 30.5 Å². The maximum Gasteiger partial charge on any atom is 0.160 e. The molecule has 1 heterocycles. The van der Waals surface area contributed by atoms with Gasteiger partial charge in [0.2, 0.25) is 0 Å². The van der Waals surface area contributed by atoms with Crippen molar-refractivity contribution in [3.8, 4) is 5.69 Å². The molecule has 0 aliphatic carbocycles. The van der Waals surface area contributed by atoms with Crippen molar-refractivity contribution in [2.45, 2.75) is 11.5 Å². The first-order valence-corrected chi connectivity index (χ1v) is 8.99. The molecule has 0 bridgehead atoms. The molecule has 0 unspecified atom stereocenters. The van der Waals surface area contributed by atoms with E-state index in [0.29, 0.717) is 16.9 Å². The van der Waals surface area contributed by atoms with Crippen molar-refractivity contribution < 1.29 is 17.2 Å². The summed E-state index contributed by atoms with van der Waals surface area (Å²) in [6, 6.07) is 12.9. The van der Waals surface area contributed by atoms with Gasteiger partial charge in [-0.1, -0.05) is 18.2 Å². The monoisotopic (exact) mass is 348 g/mol. The second-order valence-electron chi connectivity index (χ2n) is 5.39. The molecule has 7 heteroatoms. The fourth-order valence-corrected chi connectivity index (χ4v) is 3.75. The number of hydrogen-bond acceptors (Lipinski definition) is 3. The lowest BCUT2D eigenvalue weighted by molar-refractivity contribution is 0.592. The Hall–Kier alpha value is -2.54. The summed E-state index contributed by atoms with van der Waals surface area (Å²) in [5.74, 6) is -1.41. The third-order valence-corrected chi connectivity index (χ3v) is 4.87. The van der Waals surface area contributed by atoms with Crippen LogP contribution < -0.4 is 0 Å². The molecule has 0 fully saturated rings. The molecular weight excluding hydrogens is 334 g/mol. The number of aromatic nitrogens is 2. The highest BCUT2D eigenvalue weighted by molar-refractivity contribution is 7.89. The van der Waals surface area contributed by atoms with Crippen molar-refractivity contribution in [1.29, 1.82) is 0 Å². The fourth-order valence-electron chi connectivity index (χ4n) is 2.36. The summed E-state index contributed by atoms with van der Waals surface area (Å²) < 4.78 is 52.3. The SMILES string of the molecule is O=S(=O)(Cc1cccc(F)c1)Cc1ccn(-c2cccc(F)c2)n1. The van der Waals surface area contributed by atoms with E-state index >= 15 is 0 Å². The minimum absolute atomic E-state index is 0.266. The fraction of sp³-hybridized carbons (Fsp3) is 0.118. The number of halogens is 2. The summed E-state index contributed by atoms with van der Waals surface area (Å²) in [5.41, 5.74) is 1.24. The van der Waals surface area contributed by atoms with Crippen LogP contribution >= 0.6 is 0 Å². The molecule has 3 rings (SSSR count). The van der Waals surface area contributed by atoms with Gasteiger partial charge in [0, 0.05) is 6.20 Å². The number of sulfone groups is 1. The van der Waals surface area contributed by atoms with Gasteiger partial charge in [-0.15, -0.1) is 0 Å². The van der Waals surface area contributed by atoms with Crippen LogP contribution in [0.3, 0.4) is 0 Å². The molecule has 0 spiro atoms. The number of benzene rings is 2. The zero-order chi connectivity index (χ0) is 17.2. The van der Waals surface area contributed by atoms with Crippen LogP contribution in [0.5, 0.6) is 0 Å². The first-order chi connectivity index (χ1) is 11.4.